The van der Waals surface area contributed by atoms with E-state index >= 15 is 0 Å². The number of aliphatic carboxylic acids is 4. The fourth-order valence-electron chi connectivity index (χ4n) is 3.60. The van der Waals surface area contributed by atoms with Gasteiger partial charge < -0.3 is 34.9 Å². The van der Waals surface area contributed by atoms with Crippen molar-refractivity contribution in [3.8, 4) is 0 Å². The molecule has 1 amide bonds. The van der Waals surface area contributed by atoms with Crippen LogP contribution in [-0.2, 0) is 24.0 Å². The van der Waals surface area contributed by atoms with Crippen LogP contribution in [0, 0.1) is 0 Å². The van der Waals surface area contributed by atoms with Crippen molar-refractivity contribution in [2.45, 2.75) is 6.92 Å². The summed E-state index contributed by atoms with van der Waals surface area (Å²) in [6, 6.07) is 0. The summed E-state index contributed by atoms with van der Waals surface area (Å²) in [5.74, 6) is -5.20. The highest BCUT2D eigenvalue weighted by molar-refractivity contribution is 5.82. The van der Waals surface area contributed by atoms with Crippen molar-refractivity contribution in [3.05, 3.63) is 0 Å². The molecule has 1 aliphatic rings. The van der Waals surface area contributed by atoms with Gasteiger partial charge in [0.1, 0.15) is 6.54 Å². The Morgan fingerprint density at radius 2 is 1.00 bits per heavy atom. The first-order valence-corrected chi connectivity index (χ1v) is 11.0. The molecule has 0 spiro atoms. The summed E-state index contributed by atoms with van der Waals surface area (Å²) in [7, 11) is 0. The van der Waals surface area contributed by atoms with Gasteiger partial charge in [0.25, 0.3) is 0 Å². The van der Waals surface area contributed by atoms with E-state index in [1.54, 1.807) is 26.5 Å². The third-order valence-electron chi connectivity index (χ3n) is 5.41. The number of nitrogens with zero attached hydrogens (tertiary/aromatic N) is 5. The molecule has 1 aliphatic heterocycles. The lowest BCUT2D eigenvalue weighted by atomic mass is 10.3. The minimum absolute atomic E-state index is 0.113. The van der Waals surface area contributed by atoms with Crippen LogP contribution in [0.15, 0.2) is 0 Å². The Morgan fingerprint density at radius 1 is 0.647 bits per heavy atom. The van der Waals surface area contributed by atoms with Crippen molar-refractivity contribution in [2.75, 3.05) is 91.6 Å². The number of carbonyl (C=O) groups excluding carboxylic acids is 3. The molecule has 194 valence electrons. The van der Waals surface area contributed by atoms with E-state index in [1.807, 2.05) is 0 Å². The van der Waals surface area contributed by atoms with Gasteiger partial charge in [0, 0.05) is 72.0 Å². The maximum Gasteiger partial charge on any atom is 0.323 e. The molecule has 0 radical (unpaired) electrons. The van der Waals surface area contributed by atoms with Crippen molar-refractivity contribution < 1.29 is 44.4 Å². The molecule has 0 atom stereocenters. The number of carboxylic acids is 4. The summed E-state index contributed by atoms with van der Waals surface area (Å²) in [6.07, 6.45) is 0. The molecule has 0 aliphatic carbocycles. The monoisotopic (exact) mass is 487 g/mol. The van der Waals surface area contributed by atoms with Crippen molar-refractivity contribution >= 4 is 29.8 Å². The van der Waals surface area contributed by atoms with Gasteiger partial charge in [-0.2, -0.15) is 0 Å². The zero-order valence-electron chi connectivity index (χ0n) is 19.4. The molecule has 0 bridgehead atoms. The minimum Gasteiger partial charge on any atom is -0.549 e. The number of hydrogen-bond donors (Lipinski definition) is 2. The summed E-state index contributed by atoms with van der Waals surface area (Å²) < 4.78 is 0. The third kappa shape index (κ3) is 12.4. The standard InChI is InChI=1S/C20H35N5O9/c1-2-25(15-20(33)34)16(26)11-21-3-5-22(12-17(27)28)7-9-24(14-19(31)32)10-8-23(6-4-21)13-18(29)30/h2-15H2,1H3,(H,27,28)(H,29,30)(H,31,32)(H,33,34)/p-2. The second kappa shape index (κ2) is 15.2. The molecule has 14 heteroatoms. The maximum atomic E-state index is 12.6. The predicted octanol–water partition coefficient (Wildman–Crippen LogP) is -5.27. The molecule has 0 aromatic carbocycles. The van der Waals surface area contributed by atoms with Gasteiger partial charge in [0.2, 0.25) is 5.91 Å². The van der Waals surface area contributed by atoms with Crippen molar-refractivity contribution in [3.63, 3.8) is 0 Å². The second-order valence-electron chi connectivity index (χ2n) is 8.04. The Hall–Kier alpha value is -2.81. The molecule has 0 unspecified atom stereocenters. The molecule has 1 saturated heterocycles. The molecular weight excluding hydrogens is 454 g/mol. The SMILES string of the molecule is CCN(CC(=O)O)C(=O)CN1CCN(CC(=O)[O-])CCN(CC(=O)[O-])CCN(CC(=O)O)CC1. The van der Waals surface area contributed by atoms with Crippen molar-refractivity contribution in [1.82, 2.24) is 24.5 Å². The molecule has 1 heterocycles. The molecule has 2 N–H and O–H groups in total. The molecular formula is C20H33N5O9-2. The summed E-state index contributed by atoms with van der Waals surface area (Å²) >= 11 is 0. The van der Waals surface area contributed by atoms with Gasteiger partial charge in [-0.15, -0.1) is 0 Å². The largest absolute Gasteiger partial charge is 0.549 e. The topological polar surface area (TPSA) is 188 Å². The quantitative estimate of drug-likeness (QED) is 0.281. The fraction of sp³-hybridized carbons (Fsp3) is 0.750. The van der Waals surface area contributed by atoms with Crippen molar-refractivity contribution in [2.24, 2.45) is 0 Å². The summed E-state index contributed by atoms with van der Waals surface area (Å²) in [6.45, 7) is 2.15. The van der Waals surface area contributed by atoms with E-state index in [0.717, 1.165) is 0 Å². The van der Waals surface area contributed by atoms with E-state index in [-0.39, 0.29) is 85.1 Å². The van der Waals surface area contributed by atoms with Crippen LogP contribution in [0.2, 0.25) is 0 Å². The minimum atomic E-state index is -1.30. The average Bonchev–Trinajstić information content (AvgIpc) is 2.72. The Balaban J connectivity index is 3.01. The molecule has 1 rings (SSSR count). The van der Waals surface area contributed by atoms with E-state index in [9.17, 15) is 39.3 Å². The smallest absolute Gasteiger partial charge is 0.323 e. The van der Waals surface area contributed by atoms with Gasteiger partial charge in [-0.3, -0.25) is 34.0 Å². The predicted molar refractivity (Wildman–Crippen MR) is 113 cm³/mol. The normalized spacial score (nSPS) is 17.9. The molecule has 0 aromatic rings. The van der Waals surface area contributed by atoms with Crippen LogP contribution in [-0.4, -0.2) is 156 Å². The first kappa shape index (κ1) is 29.2. The highest BCUT2D eigenvalue weighted by atomic mass is 16.4. The van der Waals surface area contributed by atoms with E-state index in [2.05, 4.69) is 0 Å². The van der Waals surface area contributed by atoms with Gasteiger partial charge in [0.15, 0.2) is 0 Å². The first-order valence-electron chi connectivity index (χ1n) is 11.0. The molecule has 0 aromatic heterocycles. The lowest BCUT2D eigenvalue weighted by Crippen LogP contribution is -2.51. The Kier molecular flexibility index (Phi) is 13.0. The first-order chi connectivity index (χ1) is 16.0. The molecule has 14 nitrogen and oxygen atoms in total. The number of carbonyl (C=O) groups is 5. The number of likely N-dealkylation sites (N-methyl/N-ethyl adjacent to an activating group) is 1. The Bertz CT molecular complexity index is 689. The van der Waals surface area contributed by atoms with E-state index in [4.69, 9.17) is 5.11 Å². The summed E-state index contributed by atoms with van der Waals surface area (Å²) in [5.41, 5.74) is 0. The summed E-state index contributed by atoms with van der Waals surface area (Å²) in [4.78, 5) is 64.9. The van der Waals surface area contributed by atoms with Crippen LogP contribution in [0.1, 0.15) is 6.92 Å². The zero-order chi connectivity index (χ0) is 25.7. The summed E-state index contributed by atoms with van der Waals surface area (Å²) in [5, 5.41) is 40.5. The highest BCUT2D eigenvalue weighted by Gasteiger charge is 2.22. The fourth-order valence-corrected chi connectivity index (χ4v) is 3.60. The van der Waals surface area contributed by atoms with Gasteiger partial charge in [-0.05, 0) is 6.92 Å². The number of hydrogen-bond acceptors (Lipinski definition) is 11. The molecule has 0 saturated carbocycles. The third-order valence-corrected chi connectivity index (χ3v) is 5.41. The lowest BCUT2D eigenvalue weighted by Gasteiger charge is -2.34. The number of carboxylic acid groups (broad SMARTS) is 4. The Morgan fingerprint density at radius 3 is 1.29 bits per heavy atom. The highest BCUT2D eigenvalue weighted by Crippen LogP contribution is 2.02. The van der Waals surface area contributed by atoms with Crippen LogP contribution in [0.4, 0.5) is 0 Å². The average molecular weight is 488 g/mol. The van der Waals surface area contributed by atoms with Gasteiger partial charge in [-0.25, -0.2) is 0 Å². The van der Waals surface area contributed by atoms with Crippen molar-refractivity contribution in [1.29, 1.82) is 0 Å². The second-order valence-corrected chi connectivity index (χ2v) is 8.04. The van der Waals surface area contributed by atoms with Crippen LogP contribution < -0.4 is 10.2 Å². The van der Waals surface area contributed by atoms with Gasteiger partial charge in [-0.1, -0.05) is 0 Å². The molecule has 34 heavy (non-hydrogen) atoms. The van der Waals surface area contributed by atoms with Gasteiger partial charge in [0.05, 0.1) is 25.0 Å². The number of rotatable bonds is 11. The van der Waals surface area contributed by atoms with Crippen LogP contribution in [0.5, 0.6) is 0 Å². The van der Waals surface area contributed by atoms with Crippen LogP contribution in [0.25, 0.3) is 0 Å². The van der Waals surface area contributed by atoms with E-state index < -0.39 is 36.3 Å². The zero-order valence-corrected chi connectivity index (χ0v) is 19.4. The molecule has 1 fully saturated rings. The lowest BCUT2D eigenvalue weighted by molar-refractivity contribution is -0.308. The van der Waals surface area contributed by atoms with Crippen LogP contribution in [0.3, 0.4) is 0 Å². The maximum absolute atomic E-state index is 12.6. The van der Waals surface area contributed by atoms with Crippen LogP contribution >= 0.6 is 0 Å². The Labute approximate surface area is 197 Å². The van der Waals surface area contributed by atoms with E-state index in [1.165, 1.54) is 4.90 Å². The van der Waals surface area contributed by atoms with E-state index in [0.29, 0.717) is 0 Å². The number of amides is 1. The van der Waals surface area contributed by atoms with Gasteiger partial charge >= 0.3 is 11.9 Å².